The van der Waals surface area contributed by atoms with E-state index in [0.29, 0.717) is 12.3 Å². The number of para-hydroxylation sites is 2. The number of hydrogen-bond acceptors (Lipinski definition) is 5. The summed E-state index contributed by atoms with van der Waals surface area (Å²) in [5, 5.41) is 21.1. The molecule has 0 spiro atoms. The molecule has 0 bridgehead atoms. The van der Waals surface area contributed by atoms with Crippen molar-refractivity contribution in [3.05, 3.63) is 59.9 Å². The van der Waals surface area contributed by atoms with E-state index < -0.39 is 12.1 Å². The zero-order valence-electron chi connectivity index (χ0n) is 14.6. The maximum atomic E-state index is 10.7. The fourth-order valence-corrected chi connectivity index (χ4v) is 2.89. The second-order valence-electron chi connectivity index (χ2n) is 6.15. The summed E-state index contributed by atoms with van der Waals surface area (Å²) in [7, 11) is 0. The van der Waals surface area contributed by atoms with Gasteiger partial charge < -0.3 is 24.3 Å². The number of carbonyl (C=O) groups is 1. The molecule has 0 aliphatic heterocycles. The number of nitrogens with zero attached hydrogens (tertiary/aromatic N) is 2. The van der Waals surface area contributed by atoms with Crippen molar-refractivity contribution >= 4 is 17.0 Å². The van der Waals surface area contributed by atoms with Gasteiger partial charge >= 0.3 is 0 Å². The number of aromatic carboxylic acids is 1. The molecule has 26 heavy (non-hydrogen) atoms. The Bertz CT molecular complexity index is 886. The summed E-state index contributed by atoms with van der Waals surface area (Å²) in [6, 6.07) is 13.8. The highest BCUT2D eigenvalue weighted by atomic mass is 16.5. The number of aromatic nitrogens is 2. The smallest absolute Gasteiger partial charge is 0.119 e. The largest absolute Gasteiger partial charge is 0.545 e. The number of rotatable bonds is 8. The SMILES string of the molecule is CCCc1nc2ccccc2n1C[C@H](O)COc1ccc(C(=O)[O-])cc1. The van der Waals surface area contributed by atoms with Crippen LogP contribution in [0.5, 0.6) is 5.75 Å². The minimum Gasteiger partial charge on any atom is -0.545 e. The van der Waals surface area contributed by atoms with Crippen LogP contribution < -0.4 is 9.84 Å². The molecule has 0 amide bonds. The summed E-state index contributed by atoms with van der Waals surface area (Å²) < 4.78 is 7.60. The van der Waals surface area contributed by atoms with Crippen molar-refractivity contribution in [2.24, 2.45) is 0 Å². The van der Waals surface area contributed by atoms with Crippen LogP contribution in [0, 0.1) is 0 Å². The number of fused-ring (bicyclic) bond motifs is 1. The number of benzene rings is 2. The Kier molecular flexibility index (Phi) is 5.53. The molecule has 0 saturated heterocycles. The maximum absolute atomic E-state index is 10.7. The van der Waals surface area contributed by atoms with Crippen molar-refractivity contribution in [3.8, 4) is 5.75 Å². The Hall–Kier alpha value is -2.86. The molecule has 6 heteroatoms. The highest BCUT2D eigenvalue weighted by Gasteiger charge is 2.14. The molecule has 3 aromatic rings. The number of carboxylic acid groups (broad SMARTS) is 1. The van der Waals surface area contributed by atoms with Crippen molar-refractivity contribution in [3.63, 3.8) is 0 Å². The van der Waals surface area contributed by atoms with Gasteiger partial charge in [0.2, 0.25) is 0 Å². The first-order valence-electron chi connectivity index (χ1n) is 8.65. The van der Waals surface area contributed by atoms with Crippen molar-refractivity contribution in [1.82, 2.24) is 9.55 Å². The van der Waals surface area contributed by atoms with Gasteiger partial charge in [-0.3, -0.25) is 0 Å². The molecule has 136 valence electrons. The Labute approximate surface area is 151 Å². The number of aliphatic hydroxyl groups is 1. The van der Waals surface area contributed by atoms with Crippen molar-refractivity contribution < 1.29 is 19.7 Å². The molecule has 2 aromatic carbocycles. The number of carbonyl (C=O) groups excluding carboxylic acids is 1. The fourth-order valence-electron chi connectivity index (χ4n) is 2.89. The van der Waals surface area contributed by atoms with E-state index in [1.165, 1.54) is 12.1 Å². The topological polar surface area (TPSA) is 87.4 Å². The van der Waals surface area contributed by atoms with E-state index in [0.717, 1.165) is 29.7 Å². The van der Waals surface area contributed by atoms with Crippen LogP contribution in [0.2, 0.25) is 0 Å². The molecule has 0 unspecified atom stereocenters. The summed E-state index contributed by atoms with van der Waals surface area (Å²) in [6.45, 7) is 2.58. The molecule has 0 saturated carbocycles. The van der Waals surface area contributed by atoms with E-state index in [1.54, 1.807) is 12.1 Å². The summed E-state index contributed by atoms with van der Waals surface area (Å²) in [4.78, 5) is 15.4. The predicted octanol–water partition coefficient (Wildman–Crippen LogP) is 1.79. The Morgan fingerprint density at radius 2 is 1.96 bits per heavy atom. The fraction of sp³-hybridized carbons (Fsp3) is 0.300. The molecule has 1 N–H and O–H groups in total. The summed E-state index contributed by atoms with van der Waals surface area (Å²) in [5.74, 6) is 0.219. The third kappa shape index (κ3) is 4.03. The lowest BCUT2D eigenvalue weighted by molar-refractivity contribution is -0.255. The molecular formula is C20H21N2O4-. The standard InChI is InChI=1S/C20H22N2O4/c1-2-5-19-21-17-6-3-4-7-18(17)22(19)12-15(23)13-26-16-10-8-14(9-11-16)20(24)25/h3-4,6-11,15,23H,2,5,12-13H2,1H3,(H,24,25)/p-1/t15-/m0/s1. The minimum atomic E-state index is -1.23. The van der Waals surface area contributed by atoms with Crippen LogP contribution in [-0.4, -0.2) is 33.3 Å². The molecule has 0 aliphatic carbocycles. The Morgan fingerprint density at radius 1 is 1.23 bits per heavy atom. The first kappa shape index (κ1) is 17.9. The maximum Gasteiger partial charge on any atom is 0.119 e. The van der Waals surface area contributed by atoms with Gasteiger partial charge in [-0.2, -0.15) is 0 Å². The van der Waals surface area contributed by atoms with Crippen LogP contribution >= 0.6 is 0 Å². The lowest BCUT2D eigenvalue weighted by Gasteiger charge is -2.16. The quantitative estimate of drug-likeness (QED) is 0.667. The molecule has 3 rings (SSSR count). The predicted molar refractivity (Wildman–Crippen MR) is 96.0 cm³/mol. The van der Waals surface area contributed by atoms with Gasteiger partial charge in [-0.25, -0.2) is 4.98 Å². The summed E-state index contributed by atoms with van der Waals surface area (Å²) in [5.41, 5.74) is 2.00. The second-order valence-corrected chi connectivity index (χ2v) is 6.15. The van der Waals surface area contributed by atoms with E-state index in [1.807, 2.05) is 28.8 Å². The van der Waals surface area contributed by atoms with Gasteiger partial charge in [-0.05, 0) is 48.4 Å². The highest BCUT2D eigenvalue weighted by Crippen LogP contribution is 2.18. The van der Waals surface area contributed by atoms with Gasteiger partial charge in [0.15, 0.2) is 0 Å². The van der Waals surface area contributed by atoms with Crippen molar-refractivity contribution in [2.75, 3.05) is 6.61 Å². The van der Waals surface area contributed by atoms with E-state index >= 15 is 0 Å². The number of aryl methyl sites for hydroxylation is 1. The third-order valence-electron chi connectivity index (χ3n) is 4.13. The Morgan fingerprint density at radius 3 is 2.65 bits per heavy atom. The molecule has 1 heterocycles. The van der Waals surface area contributed by atoms with Crippen molar-refractivity contribution in [1.29, 1.82) is 0 Å². The van der Waals surface area contributed by atoms with E-state index in [9.17, 15) is 15.0 Å². The van der Waals surface area contributed by atoms with E-state index in [4.69, 9.17) is 4.74 Å². The van der Waals surface area contributed by atoms with Gasteiger partial charge in [0.25, 0.3) is 0 Å². The molecule has 0 aliphatic rings. The molecular weight excluding hydrogens is 332 g/mol. The van der Waals surface area contributed by atoms with E-state index in [2.05, 4.69) is 11.9 Å². The lowest BCUT2D eigenvalue weighted by atomic mass is 10.2. The average molecular weight is 353 g/mol. The molecule has 6 nitrogen and oxygen atoms in total. The molecule has 1 aromatic heterocycles. The summed E-state index contributed by atoms with van der Waals surface area (Å²) in [6.07, 6.45) is 1.09. The zero-order chi connectivity index (χ0) is 18.5. The minimum absolute atomic E-state index is 0.0898. The number of ether oxygens (including phenoxy) is 1. The van der Waals surface area contributed by atoms with E-state index in [-0.39, 0.29) is 12.2 Å². The molecule has 0 radical (unpaired) electrons. The van der Waals surface area contributed by atoms with Gasteiger partial charge in [0, 0.05) is 6.42 Å². The highest BCUT2D eigenvalue weighted by molar-refractivity contribution is 5.85. The van der Waals surface area contributed by atoms with Crippen LogP contribution in [0.1, 0.15) is 29.5 Å². The normalized spacial score (nSPS) is 12.2. The van der Waals surface area contributed by atoms with Crippen LogP contribution in [0.4, 0.5) is 0 Å². The van der Waals surface area contributed by atoms with Crippen LogP contribution in [-0.2, 0) is 13.0 Å². The van der Waals surface area contributed by atoms with Crippen LogP contribution in [0.3, 0.4) is 0 Å². The monoisotopic (exact) mass is 353 g/mol. The van der Waals surface area contributed by atoms with Gasteiger partial charge in [-0.1, -0.05) is 19.1 Å². The third-order valence-corrected chi connectivity index (χ3v) is 4.13. The lowest BCUT2D eigenvalue weighted by Crippen LogP contribution is -2.25. The summed E-state index contributed by atoms with van der Waals surface area (Å²) >= 11 is 0. The zero-order valence-corrected chi connectivity index (χ0v) is 14.6. The van der Waals surface area contributed by atoms with Gasteiger partial charge in [0.05, 0.1) is 23.5 Å². The second kappa shape index (κ2) is 8.01. The number of aliphatic hydroxyl groups excluding tert-OH is 1. The first-order valence-corrected chi connectivity index (χ1v) is 8.65. The van der Waals surface area contributed by atoms with Crippen LogP contribution in [0.15, 0.2) is 48.5 Å². The van der Waals surface area contributed by atoms with Crippen molar-refractivity contribution in [2.45, 2.75) is 32.4 Å². The Balaban J connectivity index is 1.68. The number of imidazole rings is 1. The molecule has 0 fully saturated rings. The molecule has 1 atom stereocenters. The van der Waals surface area contributed by atoms with Gasteiger partial charge in [0.1, 0.15) is 24.3 Å². The number of carboxylic acids is 1. The van der Waals surface area contributed by atoms with Gasteiger partial charge in [-0.15, -0.1) is 0 Å². The average Bonchev–Trinajstić information content (AvgIpc) is 2.98. The first-order chi connectivity index (χ1) is 12.6. The van der Waals surface area contributed by atoms with Crippen LogP contribution in [0.25, 0.3) is 11.0 Å². The number of hydrogen-bond donors (Lipinski definition) is 1.